The number of para-hydroxylation sites is 1. The number of benzene rings is 3. The van der Waals surface area contributed by atoms with Crippen molar-refractivity contribution in [1.82, 2.24) is 0 Å². The molecule has 0 amide bonds. The van der Waals surface area contributed by atoms with Gasteiger partial charge in [-0.05, 0) is 29.8 Å². The molecule has 0 aliphatic carbocycles. The van der Waals surface area contributed by atoms with Crippen molar-refractivity contribution in [2.45, 2.75) is 13.5 Å². The van der Waals surface area contributed by atoms with Crippen LogP contribution in [0.1, 0.15) is 21.7 Å². The third kappa shape index (κ3) is 2.88. The van der Waals surface area contributed by atoms with E-state index >= 15 is 0 Å². The maximum atomic E-state index is 12.7. The predicted octanol–water partition coefficient (Wildman–Crippen LogP) is 5.36. The largest absolute Gasteiger partial charge is 0.455 e. The second-order valence-electron chi connectivity index (χ2n) is 6.88. The monoisotopic (exact) mass is 384 g/mol. The molecule has 29 heavy (non-hydrogen) atoms. The first kappa shape index (κ1) is 17.3. The maximum absolute atomic E-state index is 12.7. The Kier molecular flexibility index (Phi) is 3.95. The fourth-order valence-electron chi connectivity index (χ4n) is 3.71. The van der Waals surface area contributed by atoms with Crippen LogP contribution in [0.5, 0.6) is 0 Å². The minimum absolute atomic E-state index is 0.0641. The number of aryl methyl sites for hydroxylation is 1. The Hall–Kier alpha value is -3.86. The van der Waals surface area contributed by atoms with Crippen LogP contribution < -0.4 is 5.63 Å². The number of rotatable bonds is 3. The van der Waals surface area contributed by atoms with E-state index in [-0.39, 0.29) is 12.4 Å². The molecule has 2 aromatic heterocycles. The summed E-state index contributed by atoms with van der Waals surface area (Å²) < 4.78 is 16.5. The average molecular weight is 384 g/mol. The summed E-state index contributed by atoms with van der Waals surface area (Å²) in [6.07, 6.45) is 0. The molecule has 142 valence electrons. The quantitative estimate of drug-likeness (QED) is 0.238. The van der Waals surface area contributed by atoms with Gasteiger partial charge in [-0.25, -0.2) is 9.59 Å². The predicted molar refractivity (Wildman–Crippen MR) is 110 cm³/mol. The zero-order valence-corrected chi connectivity index (χ0v) is 15.6. The number of carbonyl (C=O) groups is 1. The highest BCUT2D eigenvalue weighted by molar-refractivity contribution is 6.07. The lowest BCUT2D eigenvalue weighted by Gasteiger charge is -2.09. The Balaban J connectivity index is 1.55. The number of ether oxygens (including phenoxy) is 1. The van der Waals surface area contributed by atoms with E-state index in [0.717, 1.165) is 27.1 Å². The third-order valence-electron chi connectivity index (χ3n) is 5.10. The SMILES string of the molecule is Cc1c(C(=O)OCc2cc(=O)oc3ccc4ccccc4c23)oc2ccccc12. The summed E-state index contributed by atoms with van der Waals surface area (Å²) in [5, 5.41) is 3.57. The smallest absolute Gasteiger partial charge is 0.374 e. The summed E-state index contributed by atoms with van der Waals surface area (Å²) in [6.45, 7) is 1.76. The van der Waals surface area contributed by atoms with Crippen LogP contribution in [-0.4, -0.2) is 5.97 Å². The van der Waals surface area contributed by atoms with Gasteiger partial charge in [0.1, 0.15) is 17.8 Å². The van der Waals surface area contributed by atoms with Gasteiger partial charge in [-0.15, -0.1) is 0 Å². The first-order valence-corrected chi connectivity index (χ1v) is 9.21. The van der Waals surface area contributed by atoms with E-state index in [4.69, 9.17) is 13.6 Å². The summed E-state index contributed by atoms with van der Waals surface area (Å²) in [5.41, 5.74) is 1.93. The molecular formula is C24H16O5. The molecule has 2 heterocycles. The minimum atomic E-state index is -0.569. The molecule has 0 unspecified atom stereocenters. The molecule has 0 fully saturated rings. The summed E-state index contributed by atoms with van der Waals surface area (Å²) in [6, 6.07) is 20.3. The van der Waals surface area contributed by atoms with Crippen molar-refractivity contribution < 1.29 is 18.4 Å². The molecule has 0 saturated carbocycles. The van der Waals surface area contributed by atoms with E-state index < -0.39 is 11.6 Å². The fourth-order valence-corrected chi connectivity index (χ4v) is 3.71. The van der Waals surface area contributed by atoms with E-state index in [2.05, 4.69) is 0 Å². The van der Waals surface area contributed by atoms with E-state index in [9.17, 15) is 9.59 Å². The molecule has 0 atom stereocenters. The number of carbonyl (C=O) groups excluding carboxylic acids is 1. The van der Waals surface area contributed by atoms with E-state index in [1.807, 2.05) is 55.5 Å². The van der Waals surface area contributed by atoms with Gasteiger partial charge in [0, 0.05) is 28.0 Å². The highest BCUT2D eigenvalue weighted by Crippen LogP contribution is 2.29. The summed E-state index contributed by atoms with van der Waals surface area (Å²) >= 11 is 0. The normalized spacial score (nSPS) is 11.3. The van der Waals surface area contributed by atoms with Crippen molar-refractivity contribution in [1.29, 1.82) is 0 Å². The van der Waals surface area contributed by atoms with Crippen LogP contribution in [0.2, 0.25) is 0 Å². The number of hydrogen-bond acceptors (Lipinski definition) is 5. The highest BCUT2D eigenvalue weighted by Gasteiger charge is 2.20. The molecule has 5 rings (SSSR count). The Bertz CT molecular complexity index is 1460. The molecule has 0 radical (unpaired) electrons. The lowest BCUT2D eigenvalue weighted by atomic mass is 10.0. The van der Waals surface area contributed by atoms with Crippen molar-refractivity contribution in [2.75, 3.05) is 0 Å². The van der Waals surface area contributed by atoms with Gasteiger partial charge < -0.3 is 13.6 Å². The van der Waals surface area contributed by atoms with Crippen LogP contribution in [0, 0.1) is 6.92 Å². The van der Waals surface area contributed by atoms with Gasteiger partial charge >= 0.3 is 11.6 Å². The zero-order chi connectivity index (χ0) is 20.0. The van der Waals surface area contributed by atoms with Gasteiger partial charge in [0.25, 0.3) is 0 Å². The summed E-state index contributed by atoms with van der Waals surface area (Å²) in [4.78, 5) is 24.7. The van der Waals surface area contributed by atoms with Gasteiger partial charge in [0.15, 0.2) is 0 Å². The first-order valence-electron chi connectivity index (χ1n) is 9.21. The Morgan fingerprint density at radius 3 is 2.48 bits per heavy atom. The molecule has 0 N–H and O–H groups in total. The Morgan fingerprint density at radius 2 is 1.66 bits per heavy atom. The number of fused-ring (bicyclic) bond motifs is 4. The van der Waals surface area contributed by atoms with Gasteiger partial charge in [-0.1, -0.05) is 48.5 Å². The molecule has 3 aromatic carbocycles. The molecule has 0 saturated heterocycles. The van der Waals surface area contributed by atoms with Gasteiger partial charge in [0.2, 0.25) is 5.76 Å². The Morgan fingerprint density at radius 1 is 0.897 bits per heavy atom. The second-order valence-corrected chi connectivity index (χ2v) is 6.88. The van der Waals surface area contributed by atoms with E-state index in [1.165, 1.54) is 6.07 Å². The van der Waals surface area contributed by atoms with Crippen LogP contribution in [0.4, 0.5) is 0 Å². The summed E-state index contributed by atoms with van der Waals surface area (Å²) in [7, 11) is 0. The molecule has 0 aliphatic rings. The van der Waals surface area contributed by atoms with Gasteiger partial charge in [-0.3, -0.25) is 0 Å². The topological polar surface area (TPSA) is 69.7 Å². The lowest BCUT2D eigenvalue weighted by Crippen LogP contribution is -2.08. The van der Waals surface area contributed by atoms with Crippen LogP contribution in [0.15, 0.2) is 80.4 Å². The van der Waals surface area contributed by atoms with Crippen molar-refractivity contribution >= 4 is 38.7 Å². The molecule has 0 spiro atoms. The van der Waals surface area contributed by atoms with Crippen LogP contribution in [-0.2, 0) is 11.3 Å². The fraction of sp³-hybridized carbons (Fsp3) is 0.0833. The van der Waals surface area contributed by atoms with Crippen molar-refractivity contribution in [3.63, 3.8) is 0 Å². The molecule has 5 heteroatoms. The van der Waals surface area contributed by atoms with Gasteiger partial charge in [-0.2, -0.15) is 0 Å². The standard InChI is InChI=1S/C24H16O5/c1-14-17-7-4-5-9-19(17)29-23(14)24(26)27-13-16-12-21(25)28-20-11-10-15-6-2-3-8-18(15)22(16)20/h2-12H,13H2,1H3. The van der Waals surface area contributed by atoms with Crippen LogP contribution >= 0.6 is 0 Å². The molecule has 5 aromatic rings. The van der Waals surface area contributed by atoms with Gasteiger partial charge in [0.05, 0.1) is 0 Å². The van der Waals surface area contributed by atoms with Crippen molar-refractivity contribution in [3.8, 4) is 0 Å². The molecular weight excluding hydrogens is 368 g/mol. The van der Waals surface area contributed by atoms with Crippen LogP contribution in [0.3, 0.4) is 0 Å². The number of hydrogen-bond donors (Lipinski definition) is 0. The van der Waals surface area contributed by atoms with Crippen molar-refractivity contribution in [3.05, 3.63) is 94.0 Å². The average Bonchev–Trinajstić information content (AvgIpc) is 3.08. The lowest BCUT2D eigenvalue weighted by molar-refractivity contribution is 0.0438. The minimum Gasteiger partial charge on any atom is -0.455 e. The maximum Gasteiger partial charge on any atom is 0.374 e. The highest BCUT2D eigenvalue weighted by atomic mass is 16.5. The van der Waals surface area contributed by atoms with Crippen LogP contribution in [0.25, 0.3) is 32.7 Å². The molecule has 0 bridgehead atoms. The number of esters is 1. The zero-order valence-electron chi connectivity index (χ0n) is 15.6. The van der Waals surface area contributed by atoms with E-state index in [0.29, 0.717) is 16.7 Å². The Labute approximate surface area is 165 Å². The molecule has 5 nitrogen and oxygen atoms in total. The second kappa shape index (κ2) is 6.63. The van der Waals surface area contributed by atoms with E-state index in [1.54, 1.807) is 12.1 Å². The van der Waals surface area contributed by atoms with Crippen molar-refractivity contribution in [2.24, 2.45) is 0 Å². The summed E-state index contributed by atoms with van der Waals surface area (Å²) in [5.74, 6) is -0.399. The molecule has 0 aliphatic heterocycles. The third-order valence-corrected chi connectivity index (χ3v) is 5.10. The number of furan rings is 1. The first-order chi connectivity index (χ1) is 14.1.